The zero-order valence-corrected chi connectivity index (χ0v) is 27.1. The predicted molar refractivity (Wildman–Crippen MR) is 155 cm³/mol. The third-order valence-corrected chi connectivity index (χ3v) is 8.36. The van der Waals surface area contributed by atoms with Gasteiger partial charge in [0.25, 0.3) is 0 Å². The van der Waals surface area contributed by atoms with Crippen LogP contribution in [-0.2, 0) is 13.9 Å². The molecule has 0 fully saturated rings. The van der Waals surface area contributed by atoms with Crippen molar-refractivity contribution in [2.24, 2.45) is 0 Å². The van der Waals surface area contributed by atoms with Gasteiger partial charge in [-0.05, 0) is 25.3 Å². The summed E-state index contributed by atoms with van der Waals surface area (Å²) in [4.78, 5) is 0. The molecular weight excluding hydrogens is 506 g/mol. The average Bonchev–Trinajstić information content (AvgIpc) is 2.86. The van der Waals surface area contributed by atoms with E-state index in [1.165, 1.54) is 122 Å². The Kier molecular flexibility index (Phi) is 32.8. The first kappa shape index (κ1) is 39.4. The van der Waals surface area contributed by atoms with E-state index in [0.717, 1.165) is 10.5 Å². The molecule has 0 saturated heterocycles. The van der Waals surface area contributed by atoms with Crippen LogP contribution in [0.3, 0.4) is 0 Å². The van der Waals surface area contributed by atoms with E-state index in [1.54, 1.807) is 0 Å². The monoisotopic (exact) mass is 569 g/mol. The minimum absolute atomic E-state index is 0. The molecule has 0 amide bonds. The lowest BCUT2D eigenvalue weighted by atomic mass is 10.0. The highest BCUT2D eigenvalue weighted by Gasteiger charge is 2.15. The second-order valence-corrected chi connectivity index (χ2v) is 12.5. The van der Waals surface area contributed by atoms with Crippen molar-refractivity contribution in [2.45, 2.75) is 128 Å². The molecule has 0 saturated carbocycles. The molecule has 6 nitrogen and oxygen atoms in total. The molecule has 0 spiro atoms. The number of hydrogen-bond acceptors (Lipinski definition) is 5. The van der Waals surface area contributed by atoms with Gasteiger partial charge in [0.2, 0.25) is 0 Å². The van der Waals surface area contributed by atoms with Crippen molar-refractivity contribution >= 4 is 9.76 Å². The molecule has 0 radical (unpaired) electrons. The lowest BCUT2D eigenvalue weighted by molar-refractivity contribution is -0.890. The zero-order valence-electron chi connectivity index (χ0n) is 24.9. The van der Waals surface area contributed by atoms with Gasteiger partial charge in [-0.3, -0.25) is 0 Å². The van der Waals surface area contributed by atoms with Crippen molar-refractivity contribution in [3.63, 3.8) is 0 Å². The number of rotatable bonds is 30. The molecule has 0 heterocycles. The van der Waals surface area contributed by atoms with Gasteiger partial charge in [0, 0.05) is 0 Å². The summed E-state index contributed by atoms with van der Waals surface area (Å²) in [5.41, 5.74) is 0. The topological polar surface area (TPSA) is 68.2 Å². The van der Waals surface area contributed by atoms with Gasteiger partial charge >= 0.3 is 0 Å². The van der Waals surface area contributed by atoms with Gasteiger partial charge in [-0.25, -0.2) is 0 Å². The number of halogens is 1. The first-order valence-corrected chi connectivity index (χ1v) is 17.0. The van der Waals surface area contributed by atoms with Gasteiger partial charge in [0.15, 0.2) is 16.1 Å². The summed E-state index contributed by atoms with van der Waals surface area (Å²) in [6, 6.07) is 1.12. The first-order valence-electron chi connectivity index (χ1n) is 15.4. The smallest absolute Gasteiger partial charge is 0.171 e. The van der Waals surface area contributed by atoms with Crippen molar-refractivity contribution in [3.05, 3.63) is 0 Å². The largest absolute Gasteiger partial charge is 1.00 e. The van der Waals surface area contributed by atoms with Crippen molar-refractivity contribution in [1.29, 1.82) is 0 Å². The van der Waals surface area contributed by atoms with Crippen LogP contribution in [0.4, 0.5) is 0 Å². The van der Waals surface area contributed by atoms with E-state index in [1.807, 2.05) is 0 Å². The van der Waals surface area contributed by atoms with Crippen LogP contribution in [0.1, 0.15) is 116 Å². The number of ether oxygens (including phenoxy) is 2. The maximum Gasteiger partial charge on any atom is 0.171 e. The molecule has 0 aliphatic rings. The van der Waals surface area contributed by atoms with E-state index in [4.69, 9.17) is 24.1 Å². The van der Waals surface area contributed by atoms with Gasteiger partial charge in [-0.15, -0.1) is 0 Å². The number of aliphatic hydroxyl groups is 2. The Balaban J connectivity index is 0. The maximum atomic E-state index is 8.94. The lowest BCUT2D eigenvalue weighted by Gasteiger charge is -2.30. The molecule has 2 N–H and O–H groups in total. The fraction of sp³-hybridized carbons (Fsp3) is 1.00. The fourth-order valence-corrected chi connectivity index (χ4v) is 5.68. The molecule has 0 rings (SSSR count). The zero-order chi connectivity index (χ0) is 26.6. The Morgan fingerprint density at radius 3 is 1.59 bits per heavy atom. The summed E-state index contributed by atoms with van der Waals surface area (Å²) in [6.07, 6.45) is 23.5. The molecule has 0 aliphatic carbocycles. The highest BCUT2D eigenvalue weighted by atomic mass is 35.5. The van der Waals surface area contributed by atoms with E-state index in [9.17, 15) is 0 Å². The first-order chi connectivity index (χ1) is 17.6. The van der Waals surface area contributed by atoms with Crippen molar-refractivity contribution in [1.82, 2.24) is 0 Å². The molecular formula is C29H64ClNO5Si. The summed E-state index contributed by atoms with van der Waals surface area (Å²) in [6.45, 7) is 5.58. The van der Waals surface area contributed by atoms with Crippen molar-refractivity contribution in [3.8, 4) is 0 Å². The number of aliphatic hydroxyl groups excluding tert-OH is 2. The van der Waals surface area contributed by atoms with Crippen LogP contribution in [-0.4, -0.2) is 91.0 Å². The van der Waals surface area contributed by atoms with Gasteiger partial charge in [-0.2, -0.15) is 0 Å². The summed E-state index contributed by atoms with van der Waals surface area (Å²) < 4.78 is 17.8. The maximum absolute atomic E-state index is 8.94. The third-order valence-electron chi connectivity index (χ3n) is 6.96. The summed E-state index contributed by atoms with van der Waals surface area (Å²) >= 11 is 0. The molecule has 1 unspecified atom stereocenters. The molecule has 0 aromatic heterocycles. The number of unbranched alkanes of at least 4 members (excludes halogenated alkanes) is 15. The molecule has 0 aliphatic heterocycles. The summed E-state index contributed by atoms with van der Waals surface area (Å²) in [7, 11) is 4.03. The number of nitrogens with zero attached hydrogens (tertiary/aromatic N) is 1. The molecule has 37 heavy (non-hydrogen) atoms. The van der Waals surface area contributed by atoms with Crippen LogP contribution in [0.2, 0.25) is 6.04 Å². The van der Waals surface area contributed by atoms with Gasteiger partial charge < -0.3 is 41.0 Å². The Morgan fingerprint density at radius 2 is 1.11 bits per heavy atom. The Morgan fingerprint density at radius 1 is 0.649 bits per heavy atom. The Labute approximate surface area is 239 Å². The standard InChI is InChI=1S/C29H64NO5Si.ClH/c1-4-5-6-7-8-9-10-11-12-13-14-15-16-17-18-19-21-30(2,3)22-20-27-36-35-29(34-26-24-32)28-33-25-23-31;/h29,31-32H,4-28,36H2,1-3H3;1H/q+1;/p-1. The van der Waals surface area contributed by atoms with Crippen LogP contribution < -0.4 is 12.4 Å². The van der Waals surface area contributed by atoms with Crippen LogP contribution in [0, 0.1) is 0 Å². The van der Waals surface area contributed by atoms with E-state index >= 15 is 0 Å². The Bertz CT molecular complexity index is 435. The molecule has 226 valence electrons. The fourth-order valence-electron chi connectivity index (χ4n) is 4.63. The van der Waals surface area contributed by atoms with E-state index in [-0.39, 0.29) is 38.8 Å². The van der Waals surface area contributed by atoms with E-state index in [0.29, 0.717) is 6.61 Å². The average molecular weight is 570 g/mol. The number of quaternary nitrogens is 1. The van der Waals surface area contributed by atoms with Gasteiger partial charge in [-0.1, -0.05) is 96.8 Å². The molecule has 1 atom stereocenters. The highest BCUT2D eigenvalue weighted by molar-refractivity contribution is 6.27. The van der Waals surface area contributed by atoms with Crippen molar-refractivity contribution < 1.29 is 41.0 Å². The van der Waals surface area contributed by atoms with Crippen LogP contribution in [0.25, 0.3) is 0 Å². The molecule has 8 heteroatoms. The van der Waals surface area contributed by atoms with Crippen LogP contribution in [0.5, 0.6) is 0 Å². The minimum atomic E-state index is -0.675. The molecule has 0 aromatic carbocycles. The third kappa shape index (κ3) is 30.7. The summed E-state index contributed by atoms with van der Waals surface area (Å²) in [5, 5.41) is 17.8. The molecule has 0 aromatic rings. The SMILES string of the molecule is CCCCCCCCCCCCCCCCCC[N+](C)(C)CCC[SiH2]OC(COCCO)OCCO.[Cl-]. The normalized spacial score (nSPS) is 12.9. The van der Waals surface area contributed by atoms with E-state index < -0.39 is 16.1 Å². The van der Waals surface area contributed by atoms with Gasteiger partial charge in [0.05, 0.1) is 60.2 Å². The predicted octanol–water partition coefficient (Wildman–Crippen LogP) is 2.58. The molecule has 0 bridgehead atoms. The Hall–Kier alpha value is 0.267. The van der Waals surface area contributed by atoms with Gasteiger partial charge in [0.1, 0.15) is 0 Å². The second-order valence-electron chi connectivity index (χ2n) is 11.1. The quantitative estimate of drug-likeness (QED) is 0.0602. The van der Waals surface area contributed by atoms with Crippen LogP contribution >= 0.6 is 0 Å². The lowest BCUT2D eigenvalue weighted by Crippen LogP contribution is -3.00. The second kappa shape index (κ2) is 30.8. The highest BCUT2D eigenvalue weighted by Crippen LogP contribution is 2.14. The minimum Gasteiger partial charge on any atom is -1.00 e. The summed E-state index contributed by atoms with van der Waals surface area (Å²) in [5.74, 6) is 0. The number of hydrogen-bond donors (Lipinski definition) is 2. The van der Waals surface area contributed by atoms with Crippen LogP contribution in [0.15, 0.2) is 0 Å². The van der Waals surface area contributed by atoms with Crippen molar-refractivity contribution in [2.75, 3.05) is 60.2 Å². The van der Waals surface area contributed by atoms with E-state index in [2.05, 4.69) is 21.0 Å².